The van der Waals surface area contributed by atoms with Crippen LogP contribution in [-0.2, 0) is 9.59 Å². The molecule has 1 aromatic carbocycles. The van der Waals surface area contributed by atoms with Crippen LogP contribution in [0.25, 0.3) is 11.0 Å². The highest BCUT2D eigenvalue weighted by Gasteiger charge is 2.24. The quantitative estimate of drug-likeness (QED) is 0.721. The Balaban J connectivity index is 2.17. The van der Waals surface area contributed by atoms with Gasteiger partial charge in [-0.3, -0.25) is 4.79 Å². The molecule has 0 bridgehead atoms. The SMILES string of the molecule is CC(C(=O)NC(CCO)C(=O)O)n1cnc2ccccc21. The number of fused-ring (bicyclic) bond motifs is 1. The van der Waals surface area contributed by atoms with Crippen LogP contribution >= 0.6 is 0 Å². The van der Waals surface area contributed by atoms with E-state index in [1.165, 1.54) is 0 Å². The van der Waals surface area contributed by atoms with Gasteiger partial charge >= 0.3 is 5.97 Å². The van der Waals surface area contributed by atoms with Crippen molar-refractivity contribution in [3.63, 3.8) is 0 Å². The normalized spacial score (nSPS) is 13.8. The molecule has 7 heteroatoms. The number of aliphatic hydroxyl groups is 1. The summed E-state index contributed by atoms with van der Waals surface area (Å²) in [6.45, 7) is 1.36. The molecule has 0 fully saturated rings. The molecule has 0 saturated carbocycles. The fourth-order valence-corrected chi connectivity index (χ4v) is 2.09. The minimum absolute atomic E-state index is 0.0293. The number of carbonyl (C=O) groups is 2. The van der Waals surface area contributed by atoms with Crippen molar-refractivity contribution in [2.75, 3.05) is 6.61 Å². The second-order valence-electron chi connectivity index (χ2n) is 4.73. The number of carbonyl (C=O) groups excluding carboxylic acids is 1. The molecule has 0 spiro atoms. The summed E-state index contributed by atoms with van der Waals surface area (Å²) in [5.41, 5.74) is 1.57. The molecular formula is C14H17N3O4. The summed E-state index contributed by atoms with van der Waals surface area (Å²) in [6.07, 6.45) is 1.52. The first-order chi connectivity index (χ1) is 10.0. The maximum atomic E-state index is 12.2. The lowest BCUT2D eigenvalue weighted by Gasteiger charge is -2.18. The average Bonchev–Trinajstić information content (AvgIpc) is 2.89. The smallest absolute Gasteiger partial charge is 0.326 e. The molecule has 0 aliphatic heterocycles. The van der Waals surface area contributed by atoms with E-state index in [0.29, 0.717) is 0 Å². The van der Waals surface area contributed by atoms with Crippen molar-refractivity contribution in [1.29, 1.82) is 0 Å². The Kier molecular flexibility index (Phi) is 4.54. The molecule has 0 saturated heterocycles. The summed E-state index contributed by atoms with van der Waals surface area (Å²) < 4.78 is 1.68. The van der Waals surface area contributed by atoms with Gasteiger partial charge in [-0.25, -0.2) is 9.78 Å². The van der Waals surface area contributed by atoms with E-state index in [9.17, 15) is 9.59 Å². The van der Waals surface area contributed by atoms with E-state index in [1.807, 2.05) is 24.3 Å². The maximum absolute atomic E-state index is 12.2. The van der Waals surface area contributed by atoms with Gasteiger partial charge in [-0.1, -0.05) is 12.1 Å². The molecule has 2 unspecified atom stereocenters. The number of amides is 1. The molecule has 1 heterocycles. The summed E-state index contributed by atoms with van der Waals surface area (Å²) >= 11 is 0. The van der Waals surface area contributed by atoms with Crippen molar-refractivity contribution in [2.24, 2.45) is 0 Å². The van der Waals surface area contributed by atoms with Gasteiger partial charge in [0.25, 0.3) is 0 Å². The van der Waals surface area contributed by atoms with Crippen LogP contribution in [0.1, 0.15) is 19.4 Å². The Labute approximate surface area is 121 Å². The molecular weight excluding hydrogens is 274 g/mol. The maximum Gasteiger partial charge on any atom is 0.326 e. The van der Waals surface area contributed by atoms with Crippen LogP contribution in [0.3, 0.4) is 0 Å². The fourth-order valence-electron chi connectivity index (χ4n) is 2.09. The average molecular weight is 291 g/mol. The zero-order valence-electron chi connectivity index (χ0n) is 11.6. The molecule has 3 N–H and O–H groups in total. The van der Waals surface area contributed by atoms with Gasteiger partial charge in [0.15, 0.2) is 0 Å². The molecule has 2 aromatic rings. The molecule has 7 nitrogen and oxygen atoms in total. The number of nitrogens with zero attached hydrogens (tertiary/aromatic N) is 2. The first-order valence-electron chi connectivity index (χ1n) is 6.60. The lowest BCUT2D eigenvalue weighted by molar-refractivity contribution is -0.142. The third-order valence-electron chi connectivity index (χ3n) is 3.31. The third kappa shape index (κ3) is 3.19. The summed E-state index contributed by atoms with van der Waals surface area (Å²) in [6, 6.07) is 5.68. The van der Waals surface area contributed by atoms with Gasteiger partial charge in [-0.2, -0.15) is 0 Å². The topological polar surface area (TPSA) is 104 Å². The molecule has 1 amide bonds. The van der Waals surface area contributed by atoms with Gasteiger partial charge in [0.05, 0.1) is 17.4 Å². The first-order valence-corrected chi connectivity index (χ1v) is 6.60. The standard InChI is InChI=1S/C14H17N3O4/c1-9(13(19)16-11(6-7-18)14(20)21)17-8-15-10-4-2-3-5-12(10)17/h2-5,8-9,11,18H,6-7H2,1H3,(H,16,19)(H,20,21). The highest BCUT2D eigenvalue weighted by molar-refractivity contribution is 5.87. The van der Waals surface area contributed by atoms with E-state index in [0.717, 1.165) is 11.0 Å². The van der Waals surface area contributed by atoms with Gasteiger partial charge in [0, 0.05) is 13.0 Å². The van der Waals surface area contributed by atoms with E-state index < -0.39 is 24.0 Å². The van der Waals surface area contributed by atoms with Crippen molar-refractivity contribution in [2.45, 2.75) is 25.4 Å². The number of rotatable bonds is 6. The molecule has 2 rings (SSSR count). The van der Waals surface area contributed by atoms with Gasteiger partial charge < -0.3 is 20.1 Å². The van der Waals surface area contributed by atoms with Crippen LogP contribution in [0.15, 0.2) is 30.6 Å². The molecule has 0 aliphatic carbocycles. The Morgan fingerprint density at radius 1 is 1.38 bits per heavy atom. The number of aromatic nitrogens is 2. The van der Waals surface area contributed by atoms with E-state index in [-0.39, 0.29) is 13.0 Å². The molecule has 2 atom stereocenters. The van der Waals surface area contributed by atoms with Crippen LogP contribution in [0, 0.1) is 0 Å². The number of carboxylic acids is 1. The second-order valence-corrected chi connectivity index (χ2v) is 4.73. The molecule has 0 aliphatic rings. The van der Waals surface area contributed by atoms with Crippen molar-refractivity contribution >= 4 is 22.9 Å². The van der Waals surface area contributed by atoms with Crippen LogP contribution in [-0.4, -0.2) is 44.3 Å². The summed E-state index contributed by atoms with van der Waals surface area (Å²) in [5.74, 6) is -1.60. The van der Waals surface area contributed by atoms with E-state index in [2.05, 4.69) is 10.3 Å². The van der Waals surface area contributed by atoms with E-state index >= 15 is 0 Å². The monoisotopic (exact) mass is 291 g/mol. The first kappa shape index (κ1) is 15.0. The Hall–Kier alpha value is -2.41. The number of imidazole rings is 1. The molecule has 1 aromatic heterocycles. The highest BCUT2D eigenvalue weighted by atomic mass is 16.4. The lowest BCUT2D eigenvalue weighted by atomic mass is 10.2. The number of carboxylic acid groups (broad SMARTS) is 1. The van der Waals surface area contributed by atoms with Crippen molar-refractivity contribution in [3.05, 3.63) is 30.6 Å². The summed E-state index contributed by atoms with van der Waals surface area (Å²) in [7, 11) is 0. The van der Waals surface area contributed by atoms with Gasteiger partial charge in [0.1, 0.15) is 12.1 Å². The van der Waals surface area contributed by atoms with Crippen molar-refractivity contribution < 1.29 is 19.8 Å². The number of aliphatic hydroxyl groups excluding tert-OH is 1. The van der Waals surface area contributed by atoms with Crippen LogP contribution < -0.4 is 5.32 Å². The number of hydrogen-bond acceptors (Lipinski definition) is 4. The zero-order chi connectivity index (χ0) is 15.4. The molecule has 112 valence electrons. The Bertz CT molecular complexity index is 652. The number of para-hydroxylation sites is 2. The van der Waals surface area contributed by atoms with E-state index in [1.54, 1.807) is 17.8 Å². The summed E-state index contributed by atoms with van der Waals surface area (Å²) in [5, 5.41) is 20.2. The minimum atomic E-state index is -1.17. The Morgan fingerprint density at radius 3 is 2.76 bits per heavy atom. The van der Waals surface area contributed by atoms with Crippen molar-refractivity contribution in [1.82, 2.24) is 14.9 Å². The lowest BCUT2D eigenvalue weighted by Crippen LogP contribution is -2.44. The molecule has 21 heavy (non-hydrogen) atoms. The van der Waals surface area contributed by atoms with Crippen LogP contribution in [0.4, 0.5) is 0 Å². The van der Waals surface area contributed by atoms with Gasteiger partial charge in [-0.05, 0) is 19.1 Å². The molecule has 0 radical (unpaired) electrons. The number of hydrogen-bond donors (Lipinski definition) is 3. The number of aliphatic carboxylic acids is 1. The van der Waals surface area contributed by atoms with Crippen molar-refractivity contribution in [3.8, 4) is 0 Å². The van der Waals surface area contributed by atoms with Crippen LogP contribution in [0.2, 0.25) is 0 Å². The predicted octanol–water partition coefficient (Wildman–Crippen LogP) is 0.549. The Morgan fingerprint density at radius 2 is 2.10 bits per heavy atom. The minimum Gasteiger partial charge on any atom is -0.480 e. The summed E-state index contributed by atoms with van der Waals surface area (Å²) in [4.78, 5) is 27.4. The van der Waals surface area contributed by atoms with Gasteiger partial charge in [-0.15, -0.1) is 0 Å². The highest BCUT2D eigenvalue weighted by Crippen LogP contribution is 2.17. The fraction of sp³-hybridized carbons (Fsp3) is 0.357. The van der Waals surface area contributed by atoms with Gasteiger partial charge in [0.2, 0.25) is 5.91 Å². The third-order valence-corrected chi connectivity index (χ3v) is 3.31. The van der Waals surface area contributed by atoms with Crippen LogP contribution in [0.5, 0.6) is 0 Å². The predicted molar refractivity (Wildman–Crippen MR) is 75.7 cm³/mol. The number of benzene rings is 1. The van der Waals surface area contributed by atoms with E-state index in [4.69, 9.17) is 10.2 Å². The largest absolute Gasteiger partial charge is 0.480 e. The second kappa shape index (κ2) is 6.36. The number of nitrogens with one attached hydrogen (secondary N) is 1. The zero-order valence-corrected chi connectivity index (χ0v) is 11.6.